The highest BCUT2D eigenvalue weighted by atomic mass is 35.5. The van der Waals surface area contributed by atoms with Crippen molar-refractivity contribution in [3.8, 4) is 0 Å². The summed E-state index contributed by atoms with van der Waals surface area (Å²) in [5.74, 6) is 0. The molecule has 5 heteroatoms. The van der Waals surface area contributed by atoms with E-state index in [4.69, 9.17) is 23.2 Å². The molecular formula is C12H18Cl2N2O. The number of halogens is 2. The van der Waals surface area contributed by atoms with Crippen molar-refractivity contribution in [1.29, 1.82) is 0 Å². The predicted octanol–water partition coefficient (Wildman–Crippen LogP) is 2.90. The van der Waals surface area contributed by atoms with Crippen LogP contribution in [-0.2, 0) is 6.54 Å². The summed E-state index contributed by atoms with van der Waals surface area (Å²) < 4.78 is 0. The van der Waals surface area contributed by atoms with Gasteiger partial charge in [0.05, 0.1) is 5.60 Å². The molecule has 0 saturated heterocycles. The van der Waals surface area contributed by atoms with E-state index in [0.29, 0.717) is 23.3 Å². The van der Waals surface area contributed by atoms with Gasteiger partial charge in [-0.3, -0.25) is 4.90 Å². The maximum atomic E-state index is 9.73. The molecule has 3 nitrogen and oxygen atoms in total. The van der Waals surface area contributed by atoms with Gasteiger partial charge >= 0.3 is 0 Å². The number of nitrogens with zero attached hydrogens (tertiary/aromatic N) is 2. The van der Waals surface area contributed by atoms with Gasteiger partial charge in [0, 0.05) is 29.4 Å². The van der Waals surface area contributed by atoms with Crippen LogP contribution in [0.15, 0.2) is 6.07 Å². The van der Waals surface area contributed by atoms with Gasteiger partial charge in [-0.05, 0) is 33.9 Å². The fourth-order valence-corrected chi connectivity index (χ4v) is 2.40. The van der Waals surface area contributed by atoms with E-state index in [2.05, 4.69) is 4.98 Å². The Balaban J connectivity index is 2.82. The van der Waals surface area contributed by atoms with Crippen molar-refractivity contribution in [2.24, 2.45) is 0 Å². The second kappa shape index (κ2) is 5.53. The largest absolute Gasteiger partial charge is 0.389 e. The van der Waals surface area contributed by atoms with E-state index >= 15 is 0 Å². The van der Waals surface area contributed by atoms with Gasteiger partial charge in [-0.15, -0.1) is 0 Å². The van der Waals surface area contributed by atoms with Crippen LogP contribution in [0.1, 0.15) is 25.1 Å². The van der Waals surface area contributed by atoms with Crippen LogP contribution in [0.2, 0.25) is 10.2 Å². The lowest BCUT2D eigenvalue weighted by Crippen LogP contribution is -2.36. The topological polar surface area (TPSA) is 36.4 Å². The Morgan fingerprint density at radius 2 is 2.00 bits per heavy atom. The number of hydrogen-bond donors (Lipinski definition) is 1. The molecule has 1 heterocycles. The van der Waals surface area contributed by atoms with Crippen molar-refractivity contribution < 1.29 is 5.11 Å². The van der Waals surface area contributed by atoms with Gasteiger partial charge in [-0.2, -0.15) is 0 Å². The number of pyridine rings is 1. The second-order valence-electron chi connectivity index (χ2n) is 5.00. The van der Waals surface area contributed by atoms with E-state index in [1.54, 1.807) is 19.9 Å². The van der Waals surface area contributed by atoms with Crippen LogP contribution in [0.3, 0.4) is 0 Å². The molecule has 0 aliphatic rings. The van der Waals surface area contributed by atoms with E-state index in [1.165, 1.54) is 0 Å². The molecule has 0 aliphatic carbocycles. The normalized spacial score (nSPS) is 12.2. The lowest BCUT2D eigenvalue weighted by Gasteiger charge is -2.26. The van der Waals surface area contributed by atoms with E-state index in [0.717, 1.165) is 11.3 Å². The third kappa shape index (κ3) is 4.80. The summed E-state index contributed by atoms with van der Waals surface area (Å²) in [4.78, 5) is 6.14. The molecule has 1 aromatic heterocycles. The molecular weight excluding hydrogens is 259 g/mol. The minimum absolute atomic E-state index is 0.428. The third-order valence-electron chi connectivity index (χ3n) is 2.23. The maximum absolute atomic E-state index is 9.73. The van der Waals surface area contributed by atoms with Gasteiger partial charge in [-0.25, -0.2) is 4.98 Å². The van der Waals surface area contributed by atoms with Crippen LogP contribution in [0.25, 0.3) is 0 Å². The average molecular weight is 277 g/mol. The number of hydrogen-bond acceptors (Lipinski definition) is 3. The summed E-state index contributed by atoms with van der Waals surface area (Å²) >= 11 is 12.2. The molecule has 0 bridgehead atoms. The van der Waals surface area contributed by atoms with Gasteiger partial charge in [0.1, 0.15) is 5.15 Å². The average Bonchev–Trinajstić information content (AvgIpc) is 2.08. The highest BCUT2D eigenvalue weighted by Gasteiger charge is 2.18. The Labute approximate surface area is 112 Å². The monoisotopic (exact) mass is 276 g/mol. The number of likely N-dealkylation sites (N-methyl/N-ethyl adjacent to an activating group) is 1. The van der Waals surface area contributed by atoms with Crippen molar-refractivity contribution in [3.05, 3.63) is 27.5 Å². The number of aliphatic hydroxyl groups is 1. The van der Waals surface area contributed by atoms with E-state index < -0.39 is 5.60 Å². The standard InChI is InChI=1S/C12H18Cl2N2O/c1-8-5-10(13)9(11(14)15-8)6-16(4)7-12(2,3)17/h5,17H,6-7H2,1-4H3. The smallest absolute Gasteiger partial charge is 0.135 e. The number of aromatic nitrogens is 1. The number of aryl methyl sites for hydroxylation is 1. The summed E-state index contributed by atoms with van der Waals surface area (Å²) in [6.07, 6.45) is 0. The highest BCUT2D eigenvalue weighted by Crippen LogP contribution is 2.25. The summed E-state index contributed by atoms with van der Waals surface area (Å²) in [7, 11) is 1.91. The molecule has 0 amide bonds. The molecule has 0 aliphatic heterocycles. The van der Waals surface area contributed by atoms with Crippen molar-refractivity contribution in [2.75, 3.05) is 13.6 Å². The van der Waals surface area contributed by atoms with Crippen LogP contribution in [-0.4, -0.2) is 34.2 Å². The zero-order chi connectivity index (χ0) is 13.2. The maximum Gasteiger partial charge on any atom is 0.135 e. The van der Waals surface area contributed by atoms with E-state index in [1.807, 2.05) is 18.9 Å². The molecule has 0 fully saturated rings. The quantitative estimate of drug-likeness (QED) is 0.860. The zero-order valence-electron chi connectivity index (χ0n) is 10.6. The van der Waals surface area contributed by atoms with Gasteiger partial charge in [-0.1, -0.05) is 23.2 Å². The first-order chi connectivity index (χ1) is 7.69. The Bertz CT molecular complexity index is 379. The van der Waals surface area contributed by atoms with Crippen LogP contribution in [0.4, 0.5) is 0 Å². The van der Waals surface area contributed by atoms with E-state index in [9.17, 15) is 5.11 Å². The zero-order valence-corrected chi connectivity index (χ0v) is 12.1. The number of rotatable bonds is 4. The first-order valence-electron chi connectivity index (χ1n) is 5.41. The molecule has 0 aromatic carbocycles. The summed E-state index contributed by atoms with van der Waals surface area (Å²) in [6, 6.07) is 1.79. The summed E-state index contributed by atoms with van der Waals surface area (Å²) in [5.41, 5.74) is 0.853. The Hall–Kier alpha value is -0.350. The molecule has 17 heavy (non-hydrogen) atoms. The highest BCUT2D eigenvalue weighted by molar-refractivity contribution is 6.35. The van der Waals surface area contributed by atoms with Crippen LogP contribution in [0.5, 0.6) is 0 Å². The minimum atomic E-state index is -0.744. The van der Waals surface area contributed by atoms with Crippen molar-refractivity contribution in [3.63, 3.8) is 0 Å². The first kappa shape index (κ1) is 14.7. The molecule has 0 atom stereocenters. The molecule has 0 unspecified atom stereocenters. The molecule has 1 aromatic rings. The van der Waals surface area contributed by atoms with Crippen LogP contribution < -0.4 is 0 Å². The van der Waals surface area contributed by atoms with Gasteiger partial charge in [0.15, 0.2) is 0 Å². The molecule has 1 rings (SSSR count). The lowest BCUT2D eigenvalue weighted by molar-refractivity contribution is 0.0424. The predicted molar refractivity (Wildman–Crippen MR) is 71.6 cm³/mol. The SMILES string of the molecule is Cc1cc(Cl)c(CN(C)CC(C)(C)O)c(Cl)n1. The van der Waals surface area contributed by atoms with Gasteiger partial charge in [0.2, 0.25) is 0 Å². The van der Waals surface area contributed by atoms with E-state index in [-0.39, 0.29) is 0 Å². The summed E-state index contributed by atoms with van der Waals surface area (Å²) in [5, 5.41) is 10.8. The third-order valence-corrected chi connectivity index (χ3v) is 2.88. The second-order valence-corrected chi connectivity index (χ2v) is 5.76. The van der Waals surface area contributed by atoms with Gasteiger partial charge < -0.3 is 5.11 Å². The summed E-state index contributed by atoms with van der Waals surface area (Å²) in [6.45, 7) is 6.48. The van der Waals surface area contributed by atoms with Crippen LogP contribution in [0, 0.1) is 6.92 Å². The van der Waals surface area contributed by atoms with Crippen LogP contribution >= 0.6 is 23.2 Å². The van der Waals surface area contributed by atoms with Gasteiger partial charge in [0.25, 0.3) is 0 Å². The Morgan fingerprint density at radius 3 is 2.47 bits per heavy atom. The first-order valence-corrected chi connectivity index (χ1v) is 6.17. The molecule has 96 valence electrons. The van der Waals surface area contributed by atoms with Crippen molar-refractivity contribution >= 4 is 23.2 Å². The lowest BCUT2D eigenvalue weighted by atomic mass is 10.1. The molecule has 0 radical (unpaired) electrons. The Kier molecular flexibility index (Phi) is 4.78. The Morgan fingerprint density at radius 1 is 1.41 bits per heavy atom. The van der Waals surface area contributed by atoms with Crippen molar-refractivity contribution in [2.45, 2.75) is 32.9 Å². The fourth-order valence-electron chi connectivity index (χ4n) is 1.75. The fraction of sp³-hybridized carbons (Fsp3) is 0.583. The van der Waals surface area contributed by atoms with Crippen molar-refractivity contribution in [1.82, 2.24) is 9.88 Å². The molecule has 0 spiro atoms. The minimum Gasteiger partial charge on any atom is -0.389 e. The molecule has 0 saturated carbocycles. The molecule has 1 N–H and O–H groups in total.